The van der Waals surface area contributed by atoms with Gasteiger partial charge in [-0.3, -0.25) is 5.10 Å². The minimum absolute atomic E-state index is 0.0366. The van der Waals surface area contributed by atoms with Crippen LogP contribution in [0.25, 0.3) is 11.3 Å². The first-order chi connectivity index (χ1) is 7.35. The van der Waals surface area contributed by atoms with Gasteiger partial charge >= 0.3 is 0 Å². The fraction of sp³-hybridized carbons (Fsp3) is 0.182. The number of H-pyrrole nitrogens is 1. The molecule has 0 aliphatic heterocycles. The van der Waals surface area contributed by atoms with Crippen molar-refractivity contribution in [3.8, 4) is 17.0 Å². The van der Waals surface area contributed by atoms with Crippen LogP contribution < -0.4 is 4.74 Å². The molecule has 0 saturated carbocycles. The van der Waals surface area contributed by atoms with Crippen molar-refractivity contribution in [3.63, 3.8) is 0 Å². The van der Waals surface area contributed by atoms with Crippen LogP contribution in [0.2, 0.25) is 0 Å². The number of hydrogen-bond donors (Lipinski definition) is 2. The van der Waals surface area contributed by atoms with E-state index >= 15 is 0 Å². The highest BCUT2D eigenvalue weighted by Gasteiger charge is 2.05. The lowest BCUT2D eigenvalue weighted by molar-refractivity contribution is 0.274. The van der Waals surface area contributed by atoms with Gasteiger partial charge in [0.15, 0.2) is 0 Å². The molecule has 0 aliphatic rings. The highest BCUT2D eigenvalue weighted by Crippen LogP contribution is 2.25. The molecular weight excluding hydrogens is 192 g/mol. The van der Waals surface area contributed by atoms with E-state index in [1.54, 1.807) is 13.3 Å². The van der Waals surface area contributed by atoms with Crippen LogP contribution in [0, 0.1) is 0 Å². The van der Waals surface area contributed by atoms with Crippen molar-refractivity contribution in [1.82, 2.24) is 10.2 Å². The lowest BCUT2D eigenvalue weighted by Gasteiger charge is -2.07. The van der Waals surface area contributed by atoms with Crippen molar-refractivity contribution in [2.45, 2.75) is 6.61 Å². The molecule has 0 fully saturated rings. The fourth-order valence-electron chi connectivity index (χ4n) is 1.49. The van der Waals surface area contributed by atoms with Crippen LogP contribution >= 0.6 is 0 Å². The maximum absolute atomic E-state index is 9.17. The third-order valence-electron chi connectivity index (χ3n) is 2.26. The van der Waals surface area contributed by atoms with Crippen molar-refractivity contribution in [1.29, 1.82) is 0 Å². The maximum Gasteiger partial charge on any atom is 0.124 e. The number of ether oxygens (including phenoxy) is 1. The van der Waals surface area contributed by atoms with Crippen LogP contribution in [0.1, 0.15) is 5.56 Å². The second kappa shape index (κ2) is 4.14. The van der Waals surface area contributed by atoms with Gasteiger partial charge in [-0.05, 0) is 24.3 Å². The van der Waals surface area contributed by atoms with Gasteiger partial charge in [0, 0.05) is 17.3 Å². The molecule has 0 saturated heterocycles. The number of aromatic amines is 1. The first-order valence-corrected chi connectivity index (χ1v) is 4.62. The van der Waals surface area contributed by atoms with Crippen molar-refractivity contribution < 1.29 is 9.84 Å². The number of aliphatic hydroxyl groups excluding tert-OH is 1. The number of nitrogens with zero attached hydrogens (tertiary/aromatic N) is 1. The van der Waals surface area contributed by atoms with Crippen molar-refractivity contribution >= 4 is 0 Å². The summed E-state index contributed by atoms with van der Waals surface area (Å²) in [6.45, 7) is -0.0366. The molecule has 0 unspecified atom stereocenters. The number of nitrogens with one attached hydrogen (secondary N) is 1. The van der Waals surface area contributed by atoms with Crippen LogP contribution in [0.15, 0.2) is 30.5 Å². The van der Waals surface area contributed by atoms with Crippen LogP contribution in [-0.2, 0) is 6.61 Å². The van der Waals surface area contributed by atoms with Gasteiger partial charge in [-0.1, -0.05) is 0 Å². The number of rotatable bonds is 3. The molecular formula is C11H12N2O2. The summed E-state index contributed by atoms with van der Waals surface area (Å²) in [7, 11) is 1.59. The zero-order chi connectivity index (χ0) is 10.7. The van der Waals surface area contributed by atoms with E-state index in [0.717, 1.165) is 16.8 Å². The Morgan fingerprint density at radius 1 is 1.40 bits per heavy atom. The summed E-state index contributed by atoms with van der Waals surface area (Å²) in [5.41, 5.74) is 2.68. The van der Waals surface area contributed by atoms with Gasteiger partial charge in [-0.25, -0.2) is 0 Å². The minimum Gasteiger partial charge on any atom is -0.496 e. The molecule has 0 atom stereocenters. The minimum atomic E-state index is -0.0366. The Balaban J connectivity index is 2.43. The van der Waals surface area contributed by atoms with Crippen LogP contribution in [0.5, 0.6) is 5.75 Å². The molecule has 2 N–H and O–H groups in total. The van der Waals surface area contributed by atoms with E-state index in [-0.39, 0.29) is 6.61 Å². The van der Waals surface area contributed by atoms with Crippen LogP contribution in [0.3, 0.4) is 0 Å². The van der Waals surface area contributed by atoms with E-state index in [9.17, 15) is 0 Å². The highest BCUT2D eigenvalue weighted by molar-refractivity contribution is 5.61. The van der Waals surface area contributed by atoms with E-state index in [0.29, 0.717) is 5.75 Å². The van der Waals surface area contributed by atoms with Gasteiger partial charge in [0.1, 0.15) is 5.75 Å². The average Bonchev–Trinajstić information content (AvgIpc) is 2.81. The third kappa shape index (κ3) is 1.85. The summed E-state index contributed by atoms with van der Waals surface area (Å²) in [5, 5.41) is 15.9. The summed E-state index contributed by atoms with van der Waals surface area (Å²) >= 11 is 0. The van der Waals surface area contributed by atoms with E-state index in [1.165, 1.54) is 0 Å². The van der Waals surface area contributed by atoms with Gasteiger partial charge in [0.2, 0.25) is 0 Å². The normalized spacial score (nSPS) is 10.3. The number of aromatic nitrogens is 2. The Labute approximate surface area is 87.5 Å². The Bertz CT molecular complexity index is 438. The topological polar surface area (TPSA) is 58.1 Å². The number of aliphatic hydroxyl groups is 1. The Kier molecular flexibility index (Phi) is 2.69. The zero-order valence-corrected chi connectivity index (χ0v) is 8.40. The Hall–Kier alpha value is -1.81. The third-order valence-corrected chi connectivity index (χ3v) is 2.26. The van der Waals surface area contributed by atoms with Crippen molar-refractivity contribution in [2.24, 2.45) is 0 Å². The SMILES string of the molecule is COc1ccc(-c2ccn[nH]2)cc1CO. The summed E-state index contributed by atoms with van der Waals surface area (Å²) in [4.78, 5) is 0. The summed E-state index contributed by atoms with van der Waals surface area (Å²) in [5.74, 6) is 0.695. The van der Waals surface area contributed by atoms with Crippen LogP contribution in [0.4, 0.5) is 0 Å². The Morgan fingerprint density at radius 3 is 2.87 bits per heavy atom. The largest absolute Gasteiger partial charge is 0.496 e. The van der Waals surface area contributed by atoms with Gasteiger partial charge < -0.3 is 9.84 Å². The second-order valence-corrected chi connectivity index (χ2v) is 3.16. The molecule has 0 spiro atoms. The first-order valence-electron chi connectivity index (χ1n) is 4.62. The van der Waals surface area contributed by atoms with Crippen LogP contribution in [-0.4, -0.2) is 22.4 Å². The molecule has 1 heterocycles. The predicted octanol–water partition coefficient (Wildman–Crippen LogP) is 1.58. The average molecular weight is 204 g/mol. The molecule has 0 radical (unpaired) electrons. The lowest BCUT2D eigenvalue weighted by atomic mass is 10.1. The molecule has 1 aromatic carbocycles. The molecule has 0 amide bonds. The highest BCUT2D eigenvalue weighted by atomic mass is 16.5. The molecule has 1 aromatic heterocycles. The summed E-state index contributed by atoms with van der Waals surface area (Å²) < 4.78 is 5.12. The Morgan fingerprint density at radius 2 is 2.27 bits per heavy atom. The summed E-state index contributed by atoms with van der Waals surface area (Å²) in [6, 6.07) is 7.52. The van der Waals surface area contributed by atoms with E-state index in [2.05, 4.69) is 10.2 Å². The molecule has 2 aromatic rings. The molecule has 15 heavy (non-hydrogen) atoms. The molecule has 4 heteroatoms. The number of methoxy groups -OCH3 is 1. The predicted molar refractivity (Wildman–Crippen MR) is 56.5 cm³/mol. The van der Waals surface area contributed by atoms with Gasteiger partial charge in [0.25, 0.3) is 0 Å². The maximum atomic E-state index is 9.17. The first kappa shape index (κ1) is 9.73. The second-order valence-electron chi connectivity index (χ2n) is 3.16. The standard InChI is InChI=1S/C11H12N2O2/c1-15-11-3-2-8(6-9(11)7-14)10-4-5-12-13-10/h2-6,14H,7H2,1H3,(H,12,13). The van der Waals surface area contributed by atoms with Gasteiger partial charge in [0.05, 0.1) is 19.4 Å². The van der Waals surface area contributed by atoms with Gasteiger partial charge in [-0.15, -0.1) is 0 Å². The lowest BCUT2D eigenvalue weighted by Crippen LogP contribution is -1.92. The number of benzene rings is 1. The van der Waals surface area contributed by atoms with E-state index < -0.39 is 0 Å². The fourth-order valence-corrected chi connectivity index (χ4v) is 1.49. The smallest absolute Gasteiger partial charge is 0.124 e. The monoisotopic (exact) mass is 204 g/mol. The zero-order valence-electron chi connectivity index (χ0n) is 8.40. The van der Waals surface area contributed by atoms with Crippen molar-refractivity contribution in [3.05, 3.63) is 36.0 Å². The van der Waals surface area contributed by atoms with E-state index in [4.69, 9.17) is 9.84 Å². The van der Waals surface area contributed by atoms with Gasteiger partial charge in [-0.2, -0.15) is 5.10 Å². The molecule has 78 valence electrons. The van der Waals surface area contributed by atoms with E-state index in [1.807, 2.05) is 24.3 Å². The summed E-state index contributed by atoms with van der Waals surface area (Å²) in [6.07, 6.45) is 1.69. The quantitative estimate of drug-likeness (QED) is 0.798. The number of hydrogen-bond acceptors (Lipinski definition) is 3. The molecule has 4 nitrogen and oxygen atoms in total. The molecule has 2 rings (SSSR count). The molecule has 0 aliphatic carbocycles. The molecule has 0 bridgehead atoms. The van der Waals surface area contributed by atoms with Crippen molar-refractivity contribution in [2.75, 3.05) is 7.11 Å².